The van der Waals surface area contributed by atoms with E-state index in [1.807, 2.05) is 0 Å². The third kappa shape index (κ3) is 3.29. The van der Waals surface area contributed by atoms with Crippen LogP contribution in [0.25, 0.3) is 0 Å². The molecule has 0 saturated heterocycles. The second-order valence-electron chi connectivity index (χ2n) is 5.09. The highest BCUT2D eigenvalue weighted by atomic mass is 16.5. The van der Waals surface area contributed by atoms with E-state index in [-0.39, 0.29) is 0 Å². The summed E-state index contributed by atoms with van der Waals surface area (Å²) in [5.74, 6) is 2.73. The van der Waals surface area contributed by atoms with Gasteiger partial charge in [-0.3, -0.25) is 0 Å². The van der Waals surface area contributed by atoms with Crippen LogP contribution in [0.15, 0.2) is 0 Å². The van der Waals surface area contributed by atoms with Gasteiger partial charge >= 0.3 is 0 Å². The van der Waals surface area contributed by atoms with Crippen molar-refractivity contribution in [1.82, 2.24) is 14.8 Å². The van der Waals surface area contributed by atoms with E-state index in [9.17, 15) is 0 Å². The summed E-state index contributed by atoms with van der Waals surface area (Å²) in [6.45, 7) is 1.93. The van der Waals surface area contributed by atoms with E-state index >= 15 is 0 Å². The Morgan fingerprint density at radius 1 is 1.22 bits per heavy atom. The zero-order valence-electron chi connectivity index (χ0n) is 11.3. The summed E-state index contributed by atoms with van der Waals surface area (Å²) in [7, 11) is 1.72. The molecule has 1 saturated carbocycles. The summed E-state index contributed by atoms with van der Waals surface area (Å²) in [6.07, 6.45) is 7.81. The van der Waals surface area contributed by atoms with Crippen molar-refractivity contribution in [2.45, 2.75) is 51.6 Å². The quantitative estimate of drug-likeness (QED) is 0.833. The van der Waals surface area contributed by atoms with Crippen molar-refractivity contribution in [1.29, 1.82) is 0 Å². The minimum atomic E-state index is 0.446. The molecule has 1 aromatic heterocycles. The van der Waals surface area contributed by atoms with Gasteiger partial charge in [0.2, 0.25) is 0 Å². The number of nitrogens with zero attached hydrogens (tertiary/aromatic N) is 3. The second kappa shape index (κ2) is 6.85. The van der Waals surface area contributed by atoms with Crippen LogP contribution < -0.4 is 5.73 Å². The van der Waals surface area contributed by atoms with Gasteiger partial charge in [-0.25, -0.2) is 0 Å². The van der Waals surface area contributed by atoms with Gasteiger partial charge in [0.1, 0.15) is 11.6 Å². The Morgan fingerprint density at radius 3 is 2.61 bits per heavy atom. The number of hydrogen-bond acceptors (Lipinski definition) is 4. The molecule has 0 bridgehead atoms. The molecule has 1 aliphatic rings. The maximum Gasteiger partial charge on any atom is 0.146 e. The van der Waals surface area contributed by atoms with E-state index in [2.05, 4.69) is 14.8 Å². The van der Waals surface area contributed by atoms with Crippen LogP contribution >= 0.6 is 0 Å². The predicted molar refractivity (Wildman–Crippen MR) is 70.1 cm³/mol. The highest BCUT2D eigenvalue weighted by Crippen LogP contribution is 2.26. The highest BCUT2D eigenvalue weighted by molar-refractivity contribution is 4.97. The van der Waals surface area contributed by atoms with Gasteiger partial charge in [-0.1, -0.05) is 32.1 Å². The lowest BCUT2D eigenvalue weighted by Crippen LogP contribution is -2.17. The van der Waals surface area contributed by atoms with Crippen molar-refractivity contribution in [2.24, 2.45) is 11.7 Å². The molecule has 2 N–H and O–H groups in total. The van der Waals surface area contributed by atoms with Gasteiger partial charge < -0.3 is 15.0 Å². The number of aromatic nitrogens is 3. The number of hydrogen-bond donors (Lipinski definition) is 1. The molecule has 0 unspecified atom stereocenters. The predicted octanol–water partition coefficient (Wildman–Crippen LogP) is 1.51. The van der Waals surface area contributed by atoms with Crippen LogP contribution in [0.3, 0.4) is 0 Å². The van der Waals surface area contributed by atoms with Crippen molar-refractivity contribution in [3.63, 3.8) is 0 Å². The lowest BCUT2D eigenvalue weighted by molar-refractivity contribution is 0.184. The molecule has 0 radical (unpaired) electrons. The molecule has 5 heteroatoms. The molecule has 18 heavy (non-hydrogen) atoms. The van der Waals surface area contributed by atoms with Crippen LogP contribution in [0.1, 0.15) is 43.8 Å². The Balaban J connectivity index is 2.03. The molecule has 0 aliphatic heterocycles. The van der Waals surface area contributed by atoms with Crippen molar-refractivity contribution in [2.75, 3.05) is 13.7 Å². The molecule has 0 atom stereocenters. The van der Waals surface area contributed by atoms with Gasteiger partial charge in [0.25, 0.3) is 0 Å². The van der Waals surface area contributed by atoms with Gasteiger partial charge in [-0.05, 0) is 5.92 Å². The van der Waals surface area contributed by atoms with Crippen LogP contribution in [0.2, 0.25) is 0 Å². The van der Waals surface area contributed by atoms with Gasteiger partial charge in [0.15, 0.2) is 0 Å². The molecular formula is C13H24N4O. The zero-order valence-corrected chi connectivity index (χ0v) is 11.3. The van der Waals surface area contributed by atoms with Gasteiger partial charge in [-0.2, -0.15) is 0 Å². The summed E-state index contributed by atoms with van der Waals surface area (Å²) in [5.41, 5.74) is 5.70. The van der Waals surface area contributed by atoms with Crippen LogP contribution in [0.4, 0.5) is 0 Å². The van der Waals surface area contributed by atoms with E-state index in [1.54, 1.807) is 7.11 Å². The zero-order chi connectivity index (χ0) is 12.8. The minimum absolute atomic E-state index is 0.446. The first-order valence-corrected chi connectivity index (χ1v) is 6.95. The smallest absolute Gasteiger partial charge is 0.146 e. The van der Waals surface area contributed by atoms with E-state index in [4.69, 9.17) is 10.5 Å². The Morgan fingerprint density at radius 2 is 1.94 bits per heavy atom. The average Bonchev–Trinajstić information content (AvgIpc) is 2.79. The second-order valence-corrected chi connectivity index (χ2v) is 5.09. The van der Waals surface area contributed by atoms with Crippen LogP contribution in [-0.4, -0.2) is 28.5 Å². The van der Waals surface area contributed by atoms with E-state index in [0.717, 1.165) is 30.5 Å². The fourth-order valence-corrected chi connectivity index (χ4v) is 2.76. The molecule has 1 fully saturated rings. The Labute approximate surface area is 109 Å². The fraction of sp³-hybridized carbons (Fsp3) is 0.846. The normalized spacial score (nSPS) is 17.2. The number of nitrogens with two attached hydrogens (primary N) is 1. The van der Waals surface area contributed by atoms with E-state index < -0.39 is 0 Å². The number of rotatable bonds is 6. The van der Waals surface area contributed by atoms with Gasteiger partial charge in [-0.15, -0.1) is 10.2 Å². The van der Waals surface area contributed by atoms with Crippen molar-refractivity contribution in [3.05, 3.63) is 11.6 Å². The summed E-state index contributed by atoms with van der Waals surface area (Å²) < 4.78 is 7.28. The molecule has 5 nitrogen and oxygen atoms in total. The summed E-state index contributed by atoms with van der Waals surface area (Å²) in [6, 6.07) is 0. The van der Waals surface area contributed by atoms with Crippen molar-refractivity contribution < 1.29 is 4.74 Å². The molecule has 1 aliphatic carbocycles. The molecular weight excluding hydrogens is 228 g/mol. The standard InChI is InChI=1S/C13H24N4O/c1-18-8-7-17-12(15-16-13(17)10-14)9-11-5-3-2-4-6-11/h11H,2-10,14H2,1H3. The van der Waals surface area contributed by atoms with Gasteiger partial charge in [0.05, 0.1) is 13.2 Å². The minimum Gasteiger partial charge on any atom is -0.383 e. The van der Waals surface area contributed by atoms with Crippen LogP contribution in [0.5, 0.6) is 0 Å². The Kier molecular flexibility index (Phi) is 5.13. The molecule has 102 valence electrons. The molecule has 0 aromatic carbocycles. The maximum atomic E-state index is 5.70. The third-order valence-electron chi connectivity index (χ3n) is 3.80. The molecule has 1 heterocycles. The van der Waals surface area contributed by atoms with E-state index in [0.29, 0.717) is 13.2 Å². The Bertz CT molecular complexity index is 358. The largest absolute Gasteiger partial charge is 0.383 e. The SMILES string of the molecule is COCCn1c(CN)nnc1CC1CCCCC1. The third-order valence-corrected chi connectivity index (χ3v) is 3.80. The molecule has 0 amide bonds. The molecule has 0 spiro atoms. The van der Waals surface area contributed by atoms with E-state index in [1.165, 1.54) is 32.1 Å². The summed E-state index contributed by atoms with van der Waals surface area (Å²) in [5, 5.41) is 8.50. The molecule has 2 rings (SSSR count). The summed E-state index contributed by atoms with van der Waals surface area (Å²) in [4.78, 5) is 0. The highest BCUT2D eigenvalue weighted by Gasteiger charge is 2.18. The van der Waals surface area contributed by atoms with Crippen LogP contribution in [0, 0.1) is 5.92 Å². The Hall–Kier alpha value is -0.940. The first-order chi connectivity index (χ1) is 8.85. The fourth-order valence-electron chi connectivity index (χ4n) is 2.76. The maximum absolute atomic E-state index is 5.70. The van der Waals surface area contributed by atoms with Crippen LogP contribution in [-0.2, 0) is 24.2 Å². The first kappa shape index (κ1) is 13.5. The average molecular weight is 252 g/mol. The lowest BCUT2D eigenvalue weighted by Gasteiger charge is -2.21. The van der Waals surface area contributed by atoms with Gasteiger partial charge in [0, 0.05) is 20.1 Å². The van der Waals surface area contributed by atoms with Crippen molar-refractivity contribution in [3.8, 4) is 0 Å². The lowest BCUT2D eigenvalue weighted by atomic mass is 9.87. The topological polar surface area (TPSA) is 66.0 Å². The number of ether oxygens (including phenoxy) is 1. The molecule has 1 aromatic rings. The van der Waals surface area contributed by atoms with Crippen molar-refractivity contribution >= 4 is 0 Å². The monoisotopic (exact) mass is 252 g/mol. The summed E-state index contributed by atoms with van der Waals surface area (Å²) >= 11 is 0. The first-order valence-electron chi connectivity index (χ1n) is 6.95. The number of methoxy groups -OCH3 is 1.